The SMILES string of the molecule is Fc1ccc(Br)c(F)c1CNC1CCCc2sccc21. The maximum absolute atomic E-state index is 13.9. The van der Waals surface area contributed by atoms with E-state index in [1.54, 1.807) is 11.3 Å². The monoisotopic (exact) mass is 357 g/mol. The number of nitrogens with one attached hydrogen (secondary N) is 1. The molecule has 0 spiro atoms. The van der Waals surface area contributed by atoms with Gasteiger partial charge in [-0.3, -0.25) is 0 Å². The van der Waals surface area contributed by atoms with E-state index in [1.165, 1.54) is 22.6 Å². The number of fused-ring (bicyclic) bond motifs is 1. The largest absolute Gasteiger partial charge is 0.306 e. The van der Waals surface area contributed by atoms with E-state index in [1.807, 2.05) is 0 Å². The van der Waals surface area contributed by atoms with Crippen LogP contribution in [0.15, 0.2) is 28.1 Å². The van der Waals surface area contributed by atoms with E-state index in [4.69, 9.17) is 0 Å². The second-order valence-corrected chi connectivity index (χ2v) is 6.80. The zero-order valence-electron chi connectivity index (χ0n) is 10.8. The number of aryl methyl sites for hydroxylation is 1. The molecule has 1 heterocycles. The molecule has 0 bridgehead atoms. The van der Waals surface area contributed by atoms with Crippen LogP contribution in [0, 0.1) is 11.6 Å². The standard InChI is InChI=1S/C15H14BrF2NS/c16-11-4-5-12(17)10(15(11)18)8-19-13-2-1-3-14-9(13)6-7-20-14/h4-7,13,19H,1-3,8H2. The number of thiophene rings is 1. The first-order valence-corrected chi connectivity index (χ1v) is 8.26. The van der Waals surface area contributed by atoms with E-state index in [2.05, 4.69) is 32.7 Å². The highest BCUT2D eigenvalue weighted by molar-refractivity contribution is 9.10. The average molecular weight is 358 g/mol. The summed E-state index contributed by atoms with van der Waals surface area (Å²) in [5.74, 6) is -1.02. The van der Waals surface area contributed by atoms with Gasteiger partial charge in [0, 0.05) is 23.0 Å². The Morgan fingerprint density at radius 1 is 1.30 bits per heavy atom. The number of rotatable bonds is 3. The molecule has 0 saturated carbocycles. The van der Waals surface area contributed by atoms with Gasteiger partial charge in [0.15, 0.2) is 0 Å². The van der Waals surface area contributed by atoms with Gasteiger partial charge in [-0.25, -0.2) is 8.78 Å². The Kier molecular flexibility index (Phi) is 4.19. The fraction of sp³-hybridized carbons (Fsp3) is 0.333. The summed E-state index contributed by atoms with van der Waals surface area (Å²) >= 11 is 4.86. The number of halogens is 3. The average Bonchev–Trinajstić information content (AvgIpc) is 2.92. The summed E-state index contributed by atoms with van der Waals surface area (Å²) < 4.78 is 28.0. The van der Waals surface area contributed by atoms with Crippen molar-refractivity contribution < 1.29 is 8.78 Å². The molecule has 1 nitrogen and oxygen atoms in total. The minimum Gasteiger partial charge on any atom is -0.306 e. The fourth-order valence-corrected chi connectivity index (χ4v) is 4.01. The normalized spacial score (nSPS) is 18.1. The van der Waals surface area contributed by atoms with E-state index in [0.717, 1.165) is 19.3 Å². The Hall–Kier alpha value is -0.780. The molecule has 3 rings (SSSR count). The molecule has 0 fully saturated rings. The summed E-state index contributed by atoms with van der Waals surface area (Å²) in [6.45, 7) is 0.205. The highest BCUT2D eigenvalue weighted by Gasteiger charge is 2.22. The molecule has 0 aliphatic heterocycles. The summed E-state index contributed by atoms with van der Waals surface area (Å²) in [6.07, 6.45) is 3.25. The van der Waals surface area contributed by atoms with Gasteiger partial charge in [-0.1, -0.05) is 0 Å². The van der Waals surface area contributed by atoms with Crippen molar-refractivity contribution in [2.24, 2.45) is 0 Å². The first kappa shape index (κ1) is 14.2. The molecule has 1 aliphatic rings. The molecule has 0 amide bonds. The van der Waals surface area contributed by atoms with Crippen LogP contribution >= 0.6 is 27.3 Å². The maximum atomic E-state index is 13.9. The van der Waals surface area contributed by atoms with Crippen molar-refractivity contribution in [3.8, 4) is 0 Å². The predicted octanol–water partition coefficient (Wildman–Crippen LogP) is 4.96. The van der Waals surface area contributed by atoms with Crippen LogP contribution in [0.2, 0.25) is 0 Å². The van der Waals surface area contributed by atoms with E-state index < -0.39 is 11.6 Å². The Morgan fingerprint density at radius 3 is 3.00 bits per heavy atom. The summed E-state index contributed by atoms with van der Waals surface area (Å²) in [5.41, 5.74) is 1.39. The molecule has 0 saturated heterocycles. The van der Waals surface area contributed by atoms with Crippen molar-refractivity contribution >= 4 is 27.3 Å². The second-order valence-electron chi connectivity index (χ2n) is 4.95. The van der Waals surface area contributed by atoms with Crippen LogP contribution in [0.3, 0.4) is 0 Å². The van der Waals surface area contributed by atoms with Crippen LogP contribution in [0.1, 0.15) is 34.9 Å². The molecule has 20 heavy (non-hydrogen) atoms. The van der Waals surface area contributed by atoms with Gasteiger partial charge in [0.05, 0.1) is 4.47 Å². The van der Waals surface area contributed by atoms with Crippen LogP contribution < -0.4 is 5.32 Å². The number of hydrogen-bond acceptors (Lipinski definition) is 2. The Balaban J connectivity index is 1.77. The Morgan fingerprint density at radius 2 is 2.15 bits per heavy atom. The first-order chi connectivity index (χ1) is 9.66. The van der Waals surface area contributed by atoms with Crippen LogP contribution in [0.25, 0.3) is 0 Å². The van der Waals surface area contributed by atoms with Gasteiger partial charge in [0.2, 0.25) is 0 Å². The van der Waals surface area contributed by atoms with Crippen molar-refractivity contribution in [2.75, 3.05) is 0 Å². The van der Waals surface area contributed by atoms with Crippen molar-refractivity contribution in [3.63, 3.8) is 0 Å². The topological polar surface area (TPSA) is 12.0 Å². The lowest BCUT2D eigenvalue weighted by molar-refractivity contribution is 0.445. The second kappa shape index (κ2) is 5.92. The summed E-state index contributed by atoms with van der Waals surface area (Å²) in [5, 5.41) is 5.38. The van der Waals surface area contributed by atoms with E-state index in [-0.39, 0.29) is 18.2 Å². The van der Waals surface area contributed by atoms with Crippen molar-refractivity contribution in [2.45, 2.75) is 31.8 Å². The van der Waals surface area contributed by atoms with Crippen molar-refractivity contribution in [1.82, 2.24) is 5.32 Å². The molecule has 1 aliphatic carbocycles. The van der Waals surface area contributed by atoms with Crippen LogP contribution in [0.5, 0.6) is 0 Å². The van der Waals surface area contributed by atoms with Crippen molar-refractivity contribution in [1.29, 1.82) is 0 Å². The van der Waals surface area contributed by atoms with Gasteiger partial charge in [-0.2, -0.15) is 0 Å². The molecule has 1 unspecified atom stereocenters. The molecule has 1 N–H and O–H groups in total. The first-order valence-electron chi connectivity index (χ1n) is 6.59. The third-order valence-corrected chi connectivity index (χ3v) is 5.33. The van der Waals surface area contributed by atoms with Crippen molar-refractivity contribution in [3.05, 3.63) is 55.7 Å². The van der Waals surface area contributed by atoms with E-state index >= 15 is 0 Å². The minimum absolute atomic E-state index is 0.0988. The van der Waals surface area contributed by atoms with Gasteiger partial charge in [-0.05, 0) is 64.3 Å². The third kappa shape index (κ3) is 2.67. The quantitative estimate of drug-likeness (QED) is 0.765. The molecular weight excluding hydrogens is 344 g/mol. The summed E-state index contributed by atoms with van der Waals surface area (Å²) in [7, 11) is 0. The molecule has 106 valence electrons. The molecule has 5 heteroatoms. The fourth-order valence-electron chi connectivity index (χ4n) is 2.65. The van der Waals surface area contributed by atoms with Crippen LogP contribution in [-0.2, 0) is 13.0 Å². The van der Waals surface area contributed by atoms with Gasteiger partial charge >= 0.3 is 0 Å². The summed E-state index contributed by atoms with van der Waals surface area (Å²) in [4.78, 5) is 1.39. The lowest BCUT2D eigenvalue weighted by Crippen LogP contribution is -2.24. The van der Waals surface area contributed by atoms with Gasteiger partial charge in [-0.15, -0.1) is 11.3 Å². The molecular formula is C15H14BrF2NS. The Labute approximate surface area is 129 Å². The van der Waals surface area contributed by atoms with Crippen LogP contribution in [-0.4, -0.2) is 0 Å². The molecule has 0 radical (unpaired) electrons. The van der Waals surface area contributed by atoms with Gasteiger partial charge < -0.3 is 5.32 Å². The van der Waals surface area contributed by atoms with Crippen LogP contribution in [0.4, 0.5) is 8.78 Å². The predicted molar refractivity (Wildman–Crippen MR) is 80.9 cm³/mol. The van der Waals surface area contributed by atoms with Gasteiger partial charge in [0.25, 0.3) is 0 Å². The molecule has 1 atom stereocenters. The van der Waals surface area contributed by atoms with E-state index in [0.29, 0.717) is 4.47 Å². The summed E-state index contributed by atoms with van der Waals surface area (Å²) in [6, 6.07) is 5.00. The zero-order chi connectivity index (χ0) is 14.1. The molecule has 1 aromatic heterocycles. The highest BCUT2D eigenvalue weighted by atomic mass is 79.9. The molecule has 1 aromatic carbocycles. The smallest absolute Gasteiger partial charge is 0.144 e. The zero-order valence-corrected chi connectivity index (χ0v) is 13.2. The lowest BCUT2D eigenvalue weighted by atomic mass is 9.94. The number of benzene rings is 1. The third-order valence-electron chi connectivity index (χ3n) is 3.72. The number of hydrogen-bond donors (Lipinski definition) is 1. The maximum Gasteiger partial charge on any atom is 0.144 e. The highest BCUT2D eigenvalue weighted by Crippen LogP contribution is 2.33. The van der Waals surface area contributed by atoms with Gasteiger partial charge in [0.1, 0.15) is 11.6 Å². The van der Waals surface area contributed by atoms with E-state index in [9.17, 15) is 8.78 Å². The lowest BCUT2D eigenvalue weighted by Gasteiger charge is -2.24. The molecule has 2 aromatic rings. The minimum atomic E-state index is -0.515. The Bertz CT molecular complexity index is 626.